The molecule has 8 heteroatoms. The topological polar surface area (TPSA) is 137 Å². The zero-order valence-corrected chi connectivity index (χ0v) is 15.2. The van der Waals surface area contributed by atoms with Gasteiger partial charge >= 0.3 is 0 Å². The fourth-order valence-corrected chi connectivity index (χ4v) is 3.66. The first-order valence-electron chi connectivity index (χ1n) is 8.76. The number of Topliss-reactive ketones (excluding diaryl/α,β-unsaturated/α-hetero) is 1. The molecule has 8 nitrogen and oxygen atoms in total. The molecular formula is C20H20O8. The molecule has 0 saturated carbocycles. The molecule has 2 heterocycles. The number of aromatic hydroxyl groups is 3. The first-order chi connectivity index (χ1) is 13.1. The lowest BCUT2D eigenvalue weighted by Gasteiger charge is -2.40. The number of ketones is 1. The Kier molecular flexibility index (Phi) is 3.95. The number of fused-ring (bicyclic) bond motifs is 2. The minimum atomic E-state index is -1.30. The van der Waals surface area contributed by atoms with Crippen LogP contribution in [0.2, 0.25) is 0 Å². The van der Waals surface area contributed by atoms with Gasteiger partial charge in [-0.25, -0.2) is 0 Å². The van der Waals surface area contributed by atoms with Gasteiger partial charge in [0, 0.05) is 17.7 Å². The molecule has 3 atom stereocenters. The van der Waals surface area contributed by atoms with E-state index < -0.39 is 23.9 Å². The van der Waals surface area contributed by atoms with Crippen LogP contribution in [-0.2, 0) is 0 Å². The van der Waals surface area contributed by atoms with Crippen LogP contribution in [0.15, 0.2) is 24.3 Å². The van der Waals surface area contributed by atoms with E-state index in [0.29, 0.717) is 5.56 Å². The molecule has 28 heavy (non-hydrogen) atoms. The molecule has 2 aliphatic heterocycles. The molecule has 0 unspecified atom stereocenters. The number of hydrogen-bond acceptors (Lipinski definition) is 8. The number of carbonyl (C=O) groups is 1. The third-order valence-corrected chi connectivity index (χ3v) is 5.17. The van der Waals surface area contributed by atoms with Gasteiger partial charge in [-0.05, 0) is 31.5 Å². The number of phenolic OH excluding ortho intramolecular Hbond substituents is 3. The maximum atomic E-state index is 12.5. The average molecular weight is 388 g/mol. The van der Waals surface area contributed by atoms with Crippen LogP contribution < -0.4 is 9.47 Å². The van der Waals surface area contributed by atoms with Crippen LogP contribution in [0, 0.1) is 0 Å². The summed E-state index contributed by atoms with van der Waals surface area (Å²) >= 11 is 0. The van der Waals surface area contributed by atoms with Gasteiger partial charge in [0.25, 0.3) is 0 Å². The number of rotatable bonds is 1. The van der Waals surface area contributed by atoms with Crippen molar-refractivity contribution in [1.29, 1.82) is 0 Å². The summed E-state index contributed by atoms with van der Waals surface area (Å²) in [5, 5.41) is 50.7. The van der Waals surface area contributed by atoms with Gasteiger partial charge < -0.3 is 35.0 Å². The predicted molar refractivity (Wildman–Crippen MR) is 95.9 cm³/mol. The first kappa shape index (κ1) is 18.4. The first-order valence-corrected chi connectivity index (χ1v) is 8.76. The van der Waals surface area contributed by atoms with Crippen molar-refractivity contribution < 1.29 is 39.8 Å². The molecule has 4 rings (SSSR count). The Hall–Kier alpha value is -2.97. The van der Waals surface area contributed by atoms with Gasteiger partial charge in [-0.15, -0.1) is 0 Å². The number of aliphatic hydroxyl groups excluding tert-OH is 2. The molecule has 2 aliphatic rings. The van der Waals surface area contributed by atoms with Gasteiger partial charge in [-0.3, -0.25) is 4.79 Å². The maximum absolute atomic E-state index is 12.5. The summed E-state index contributed by atoms with van der Waals surface area (Å²) in [6.45, 7) is 3.19. The molecule has 0 aromatic heterocycles. The molecule has 0 spiro atoms. The summed E-state index contributed by atoms with van der Waals surface area (Å²) in [6, 6.07) is 5.15. The summed E-state index contributed by atoms with van der Waals surface area (Å²) in [4.78, 5) is 12.5. The molecule has 0 aliphatic carbocycles. The highest BCUT2D eigenvalue weighted by Gasteiger charge is 2.44. The summed E-state index contributed by atoms with van der Waals surface area (Å²) < 4.78 is 11.4. The van der Waals surface area contributed by atoms with Gasteiger partial charge in [0.2, 0.25) is 0 Å². The Bertz CT molecular complexity index is 981. The third kappa shape index (κ3) is 2.73. The Morgan fingerprint density at radius 3 is 2.46 bits per heavy atom. The van der Waals surface area contributed by atoms with Gasteiger partial charge in [-0.1, -0.05) is 0 Å². The predicted octanol–water partition coefficient (Wildman–Crippen LogP) is 2.08. The second-order valence-electron chi connectivity index (χ2n) is 7.63. The molecule has 0 fully saturated rings. The van der Waals surface area contributed by atoms with E-state index in [0.717, 1.165) is 6.07 Å². The summed E-state index contributed by atoms with van der Waals surface area (Å²) in [5.74, 6) is -1.20. The molecule has 5 N–H and O–H groups in total. The standard InChI is InChI=1S/C20H20O8/c1-20(2)19(26)17(25)10-3-8(4-13(24)18(10)28-20)14-7-12(23)16-11(22)5-9(21)6-15(16)27-14/h3-6,14,17,19,21-22,24-26H,7H2,1-2H3/t14-,17-,19+/m1/s1. The smallest absolute Gasteiger partial charge is 0.174 e. The lowest BCUT2D eigenvalue weighted by Crippen LogP contribution is -2.48. The zero-order chi connectivity index (χ0) is 20.4. The van der Waals surface area contributed by atoms with Crippen molar-refractivity contribution in [2.24, 2.45) is 0 Å². The van der Waals surface area contributed by atoms with Crippen LogP contribution in [0.1, 0.15) is 54.0 Å². The molecule has 0 bridgehead atoms. The van der Waals surface area contributed by atoms with Crippen LogP contribution in [0.3, 0.4) is 0 Å². The van der Waals surface area contributed by atoms with Crippen molar-refractivity contribution in [2.45, 2.75) is 44.2 Å². The van der Waals surface area contributed by atoms with Crippen molar-refractivity contribution in [3.05, 3.63) is 41.0 Å². The summed E-state index contributed by atoms with van der Waals surface area (Å²) in [7, 11) is 0. The number of hydrogen-bond donors (Lipinski definition) is 5. The second kappa shape index (κ2) is 6.02. The average Bonchev–Trinajstić information content (AvgIpc) is 2.59. The van der Waals surface area contributed by atoms with Gasteiger partial charge in [-0.2, -0.15) is 0 Å². The lowest BCUT2D eigenvalue weighted by molar-refractivity contribution is -0.112. The van der Waals surface area contributed by atoms with E-state index in [-0.39, 0.29) is 52.1 Å². The Morgan fingerprint density at radius 2 is 1.75 bits per heavy atom. The van der Waals surface area contributed by atoms with Crippen LogP contribution in [0.25, 0.3) is 0 Å². The maximum Gasteiger partial charge on any atom is 0.174 e. The Balaban J connectivity index is 1.76. The summed E-state index contributed by atoms with van der Waals surface area (Å²) in [6.07, 6.45) is -3.46. The van der Waals surface area contributed by atoms with E-state index in [2.05, 4.69) is 0 Å². The Morgan fingerprint density at radius 1 is 1.04 bits per heavy atom. The van der Waals surface area contributed by atoms with E-state index in [1.54, 1.807) is 13.8 Å². The normalized spacial score (nSPS) is 25.3. The van der Waals surface area contributed by atoms with Crippen molar-refractivity contribution in [2.75, 3.05) is 0 Å². The molecule has 0 radical (unpaired) electrons. The van der Waals surface area contributed by atoms with Gasteiger partial charge in [0.15, 0.2) is 17.3 Å². The monoisotopic (exact) mass is 388 g/mol. The number of phenols is 3. The highest BCUT2D eigenvalue weighted by atomic mass is 16.5. The molecule has 2 aromatic carbocycles. The van der Waals surface area contributed by atoms with Gasteiger partial charge in [0.05, 0.1) is 6.42 Å². The van der Waals surface area contributed by atoms with Crippen molar-refractivity contribution in [1.82, 2.24) is 0 Å². The SMILES string of the molecule is CC1(C)Oc2c(O)cc([C@H]3CC(=O)c4c(O)cc(O)cc4O3)cc2[C@@H](O)[C@@H]1O. The number of aliphatic hydroxyl groups is 2. The van der Waals surface area contributed by atoms with Crippen molar-refractivity contribution in [3.8, 4) is 28.7 Å². The molecule has 0 amide bonds. The fraction of sp³-hybridized carbons (Fsp3) is 0.350. The van der Waals surface area contributed by atoms with E-state index >= 15 is 0 Å². The third-order valence-electron chi connectivity index (χ3n) is 5.17. The number of carbonyl (C=O) groups excluding carboxylic acids is 1. The van der Waals surface area contributed by atoms with E-state index in [1.807, 2.05) is 0 Å². The highest BCUT2D eigenvalue weighted by Crippen LogP contribution is 2.48. The largest absolute Gasteiger partial charge is 0.508 e. The van der Waals surface area contributed by atoms with Crippen LogP contribution in [0.4, 0.5) is 0 Å². The zero-order valence-electron chi connectivity index (χ0n) is 15.2. The lowest BCUT2D eigenvalue weighted by atomic mass is 9.86. The quantitative estimate of drug-likeness (QED) is 0.501. The molecule has 148 valence electrons. The second-order valence-corrected chi connectivity index (χ2v) is 7.63. The van der Waals surface area contributed by atoms with Crippen LogP contribution in [-0.4, -0.2) is 43.0 Å². The molecular weight excluding hydrogens is 368 g/mol. The van der Waals surface area contributed by atoms with E-state index in [9.17, 15) is 30.3 Å². The summed E-state index contributed by atoms with van der Waals surface area (Å²) in [5.41, 5.74) is -0.552. The number of benzene rings is 2. The van der Waals surface area contributed by atoms with E-state index in [1.165, 1.54) is 18.2 Å². The minimum absolute atomic E-state index is 0.0169. The number of ether oxygens (including phenoxy) is 2. The molecule has 2 aromatic rings. The minimum Gasteiger partial charge on any atom is -0.508 e. The van der Waals surface area contributed by atoms with Gasteiger partial charge in [0.1, 0.15) is 46.7 Å². The van der Waals surface area contributed by atoms with Crippen LogP contribution >= 0.6 is 0 Å². The molecule has 0 saturated heterocycles. The van der Waals surface area contributed by atoms with Crippen molar-refractivity contribution >= 4 is 5.78 Å². The van der Waals surface area contributed by atoms with Crippen molar-refractivity contribution in [3.63, 3.8) is 0 Å². The van der Waals surface area contributed by atoms with E-state index in [4.69, 9.17) is 9.47 Å². The van der Waals surface area contributed by atoms with Crippen LogP contribution in [0.5, 0.6) is 28.7 Å². The highest BCUT2D eigenvalue weighted by molar-refractivity contribution is 6.02. The fourth-order valence-electron chi connectivity index (χ4n) is 3.66. The Labute approximate surface area is 160 Å².